The van der Waals surface area contributed by atoms with E-state index in [2.05, 4.69) is 0 Å². The van der Waals surface area contributed by atoms with Gasteiger partial charge in [-0.15, -0.1) is 0 Å². The van der Waals surface area contributed by atoms with Crippen LogP contribution in [-0.4, -0.2) is 203 Å². The summed E-state index contributed by atoms with van der Waals surface area (Å²) >= 11 is 4.27. The van der Waals surface area contributed by atoms with Crippen molar-refractivity contribution in [3.63, 3.8) is 0 Å². The maximum atomic E-state index is 9.29. The van der Waals surface area contributed by atoms with Gasteiger partial charge < -0.3 is 0 Å². The van der Waals surface area contributed by atoms with Crippen molar-refractivity contribution in [1.82, 2.24) is 0 Å². The van der Waals surface area contributed by atoms with E-state index in [0.29, 0.717) is 168 Å². The molecule has 0 aliphatic rings. The number of aliphatic carboxylic acids is 6. The number of carbonyl (C=O) groups excluding carboxylic acids is 6. The molecule has 0 aromatic carbocycles. The summed E-state index contributed by atoms with van der Waals surface area (Å²) in [6.45, 7) is 0. The fourth-order valence-corrected chi connectivity index (χ4v) is 0. The van der Waals surface area contributed by atoms with Crippen LogP contribution in [-0.2, 0) is 28.8 Å². The van der Waals surface area contributed by atoms with E-state index >= 15 is 0 Å². The molecule has 0 radical (unpaired) electrons. The summed E-state index contributed by atoms with van der Waals surface area (Å²) in [6.07, 6.45) is 0. The Morgan fingerprint density at radius 1 is 0.306 bits per heavy atom. The molecule has 0 saturated heterocycles. The van der Waals surface area contributed by atoms with Crippen molar-refractivity contribution in [3.8, 4) is 0 Å². The van der Waals surface area contributed by atoms with Crippen LogP contribution in [0.2, 0.25) is 22.0 Å². The van der Waals surface area contributed by atoms with Crippen LogP contribution >= 0.6 is 0 Å². The van der Waals surface area contributed by atoms with E-state index < -0.39 is 35.8 Å². The van der Waals surface area contributed by atoms with Gasteiger partial charge in [0.2, 0.25) is 0 Å². The number of rotatable bonds is 6. The Morgan fingerprint density at radius 2 is 0.333 bits per heavy atom. The van der Waals surface area contributed by atoms with E-state index in [1.54, 1.807) is 0 Å². The van der Waals surface area contributed by atoms with Gasteiger partial charge in [-0.2, -0.15) is 0 Å². The molecular weight excluding hydrogens is 612 g/mol. The summed E-state index contributed by atoms with van der Waals surface area (Å²) in [5, 5.41) is 55.7. The molecule has 0 atom stereocenters. The second kappa shape index (κ2) is 74.6. The zero-order valence-electron chi connectivity index (χ0n) is 24.1. The minimum absolute atomic E-state index is 0. The Morgan fingerprint density at radius 3 is 0.333 bits per heavy atom. The maximum Gasteiger partial charge on any atom is 1.00 e. The average molecular weight is 624 g/mol. The number of carboxylic acid groups (broad SMARTS) is 6. The topological polar surface area (TPSA) is 241 Å². The minimum Gasteiger partial charge on any atom is 1.00 e. The van der Waals surface area contributed by atoms with E-state index in [-0.39, 0.29) is 199 Å². The number of carbonyl (C=O) groups is 6. The fraction of sp³-hybridized carbons (Fsp3) is 0.500. The summed E-state index contributed by atoms with van der Waals surface area (Å²) in [4.78, 5) is 55.7. The first-order chi connectivity index (χ1) is 13.6. The Bertz CT molecular complexity index is 377. The van der Waals surface area contributed by atoms with Crippen molar-refractivity contribution in [3.05, 3.63) is 0 Å². The monoisotopic (exact) mass is 624 g/mol. The molecule has 0 rings (SSSR count). The summed E-state index contributed by atoms with van der Waals surface area (Å²) < 4.78 is 1.50. The fourth-order valence-electron chi connectivity index (χ4n) is 0. The number of hydrogen-bond donors (Lipinski definition) is 0. The predicted molar refractivity (Wildman–Crippen MR) is 93.4 cm³/mol. The molecule has 0 aromatic heterocycles. The normalized spacial score (nSPS) is 6.33. The van der Waals surface area contributed by atoms with E-state index in [1.807, 2.05) is 0 Å². The molecule has 0 fully saturated rings. The molecule has 0 bridgehead atoms. The second-order valence-electron chi connectivity index (χ2n) is 4.35. The first-order valence-electron chi connectivity index (χ1n) is 8.81. The van der Waals surface area contributed by atoms with Crippen LogP contribution in [0.5, 0.6) is 0 Å². The van der Waals surface area contributed by atoms with Crippen LogP contribution in [0.25, 0.3) is 0 Å². The van der Waals surface area contributed by atoms with Gasteiger partial charge >= 0.3 is 462 Å². The van der Waals surface area contributed by atoms with Crippen LogP contribution in [0.1, 0.15) is 0 Å². The van der Waals surface area contributed by atoms with Gasteiger partial charge in [-0.25, -0.2) is 0 Å². The Balaban J connectivity index is -0.0000000186. The van der Waals surface area contributed by atoms with Crippen molar-refractivity contribution in [1.29, 1.82) is 0 Å². The van der Waals surface area contributed by atoms with Gasteiger partial charge in [0.1, 0.15) is 0 Å². The quantitative estimate of drug-likeness (QED) is 0.250. The van der Waals surface area contributed by atoms with E-state index in [4.69, 9.17) is 0 Å². The molecule has 0 saturated carbocycles. The molecule has 36 heavy (non-hydrogen) atoms. The van der Waals surface area contributed by atoms with Crippen LogP contribution in [0.3, 0.4) is 0 Å². The minimum atomic E-state index is -0.934. The first-order valence-corrected chi connectivity index (χ1v) is 17.3. The van der Waals surface area contributed by atoms with Gasteiger partial charge in [-0.1, -0.05) is 0 Å². The molecule has 0 unspecified atom stereocenters. The molecule has 24 heteroatoms. The third-order valence-electron chi connectivity index (χ3n) is 1.73. The third-order valence-corrected chi connectivity index (χ3v) is 5.20. The van der Waals surface area contributed by atoms with Crippen molar-refractivity contribution in [2.75, 3.05) is 0 Å². The number of hydrogen-bond acceptors (Lipinski definition) is 12. The third kappa shape index (κ3) is 173. The summed E-state index contributed by atoms with van der Waals surface area (Å²) in [5.74, 6) is -5.60. The van der Waals surface area contributed by atoms with Gasteiger partial charge in [0.15, 0.2) is 0 Å². The molecule has 0 aromatic rings. The van der Waals surface area contributed by atoms with Crippen LogP contribution < -0.4 is 208 Å². The van der Waals surface area contributed by atoms with Gasteiger partial charge in [0, 0.05) is 0 Å². The Hall–Kier alpha value is 8.82. The van der Waals surface area contributed by atoms with E-state index in [1.165, 1.54) is 0 Å². The van der Waals surface area contributed by atoms with Crippen molar-refractivity contribution >= 4 is 203 Å². The smallest absolute Gasteiger partial charge is 1.00 e. The van der Waals surface area contributed by atoms with Crippen LogP contribution in [0.15, 0.2) is 0 Å². The van der Waals surface area contributed by atoms with E-state index in [9.17, 15) is 59.4 Å². The van der Waals surface area contributed by atoms with Gasteiger partial charge in [-0.05, 0) is 0 Å². The second-order valence-corrected chi connectivity index (χ2v) is 8.60. The molecular formula is C12H12Na12O12. The predicted octanol–water partition coefficient (Wildman–Crippen LogP) is -28.0. The Kier molecular flexibility index (Phi) is 166. The van der Waals surface area contributed by atoms with Gasteiger partial charge in [-0.3, -0.25) is 0 Å². The summed E-state index contributed by atoms with van der Waals surface area (Å²) in [5.41, 5.74) is 0. The molecule has 0 aliphatic carbocycles. The first kappa shape index (κ1) is 79.9. The average Bonchev–Trinajstić information content (AvgIpc) is 2.69. The maximum absolute atomic E-state index is 9.29. The van der Waals surface area contributed by atoms with Crippen LogP contribution in [0.4, 0.5) is 0 Å². The number of carboxylic acids is 6. The molecule has 0 amide bonds. The standard InChI is InChI=1S/6C2H3O2.12Na/c6*1-2(3)4;;;;;;;;;;;;/h6*1H2,(H,3,4);;;;;;;;;;;;/q;;;;;;;;;;;;6*+1/p-6. The zero-order chi connectivity index (χ0) is 25.7. The molecule has 0 aliphatic heterocycles. The SMILES string of the molecule is O=C([O-])[CH2][Na].O=C([O-])[CH2][Na].O=C([O-])[CH2][Na].O=C([O-])[CH2][Na].O=C([O-])[CH2][Na].O=C([O-])[CH2][Na].[Na+].[Na+].[Na+].[Na+].[Na+].[Na+]. The van der Waals surface area contributed by atoms with Crippen molar-refractivity contribution < 1.29 is 237 Å². The molecule has 144 valence electrons. The van der Waals surface area contributed by atoms with Gasteiger partial charge in [0.05, 0.1) is 0 Å². The summed E-state index contributed by atoms with van der Waals surface area (Å²) in [7, 11) is 0. The van der Waals surface area contributed by atoms with Crippen LogP contribution in [0, 0.1) is 0 Å². The summed E-state index contributed by atoms with van der Waals surface area (Å²) in [6, 6.07) is 0. The molecule has 12 nitrogen and oxygen atoms in total. The molecule has 0 heterocycles. The van der Waals surface area contributed by atoms with Gasteiger partial charge in [0.25, 0.3) is 0 Å². The zero-order valence-corrected chi connectivity index (χ0v) is 48.1. The van der Waals surface area contributed by atoms with Crippen molar-refractivity contribution in [2.24, 2.45) is 0 Å². The van der Waals surface area contributed by atoms with Crippen molar-refractivity contribution in [2.45, 2.75) is 22.0 Å². The van der Waals surface area contributed by atoms with E-state index in [0.717, 1.165) is 0 Å². The Labute approximate surface area is 449 Å². The molecule has 0 spiro atoms. The largest absolute Gasteiger partial charge is 1.00 e. The molecule has 0 N–H and O–H groups in total.